The number of hydrogen-bond acceptors (Lipinski definition) is 2. The van der Waals surface area contributed by atoms with Gasteiger partial charge in [-0.05, 0) is 5.39 Å². The normalized spacial score (nSPS) is 22.2. The molecule has 2 nitrogen and oxygen atoms in total. The van der Waals surface area contributed by atoms with E-state index in [-0.39, 0.29) is 12.1 Å². The first-order valence-electron chi connectivity index (χ1n) is 8.28. The second-order valence-electron chi connectivity index (χ2n) is 6.19. The van der Waals surface area contributed by atoms with Crippen LogP contribution in [0.3, 0.4) is 0 Å². The van der Waals surface area contributed by atoms with Gasteiger partial charge in [-0.3, -0.25) is 9.98 Å². The van der Waals surface area contributed by atoms with E-state index in [1.54, 1.807) is 0 Å². The van der Waals surface area contributed by atoms with Crippen molar-refractivity contribution in [3.63, 3.8) is 0 Å². The van der Waals surface area contributed by atoms with Gasteiger partial charge in [-0.15, -0.1) is 0 Å². The fourth-order valence-corrected chi connectivity index (χ4v) is 3.56. The summed E-state index contributed by atoms with van der Waals surface area (Å²) in [4.78, 5) is 10.0. The van der Waals surface area contributed by atoms with Gasteiger partial charge in [0.1, 0.15) is 0 Å². The van der Waals surface area contributed by atoms with E-state index in [1.807, 2.05) is 0 Å². The van der Waals surface area contributed by atoms with Gasteiger partial charge in [0, 0.05) is 16.5 Å². The Kier molecular flexibility index (Phi) is 2.95. The fourth-order valence-electron chi connectivity index (χ4n) is 3.56. The van der Waals surface area contributed by atoms with Crippen LogP contribution in [-0.4, -0.2) is 23.5 Å². The van der Waals surface area contributed by atoms with Crippen molar-refractivity contribution in [2.75, 3.05) is 0 Å². The van der Waals surface area contributed by atoms with Crippen molar-refractivity contribution in [1.29, 1.82) is 0 Å². The van der Waals surface area contributed by atoms with Crippen LogP contribution in [0.5, 0.6) is 0 Å². The van der Waals surface area contributed by atoms with Crippen LogP contribution in [0.1, 0.15) is 11.1 Å². The molecule has 2 aromatic carbocycles. The Morgan fingerprint density at radius 3 is 1.50 bits per heavy atom. The number of allylic oxidation sites excluding steroid dienone is 4. The molecule has 2 heteroatoms. The molecule has 0 fully saturated rings. The van der Waals surface area contributed by atoms with Crippen molar-refractivity contribution in [2.24, 2.45) is 9.98 Å². The first-order valence-corrected chi connectivity index (χ1v) is 8.28. The predicted molar refractivity (Wildman–Crippen MR) is 101 cm³/mol. The van der Waals surface area contributed by atoms with Crippen molar-refractivity contribution in [3.8, 4) is 0 Å². The standard InChI is InChI=1S/C22H16N2/c1-2-10-16(9-1)23-21-18-13-5-7-15-8-6-14-19(20(15)18)22(21)24-17-11-3-4-12-17/h1-14,16-17H. The van der Waals surface area contributed by atoms with E-state index in [9.17, 15) is 0 Å². The summed E-state index contributed by atoms with van der Waals surface area (Å²) >= 11 is 0. The van der Waals surface area contributed by atoms with Gasteiger partial charge in [0.05, 0.1) is 23.5 Å². The van der Waals surface area contributed by atoms with Gasteiger partial charge in [0.25, 0.3) is 0 Å². The Bertz CT molecular complexity index is 913. The first-order chi connectivity index (χ1) is 11.9. The van der Waals surface area contributed by atoms with E-state index in [2.05, 4.69) is 85.0 Å². The topological polar surface area (TPSA) is 24.7 Å². The Hall–Kier alpha value is -3.00. The summed E-state index contributed by atoms with van der Waals surface area (Å²) in [7, 11) is 0. The Morgan fingerprint density at radius 1 is 0.583 bits per heavy atom. The minimum Gasteiger partial charge on any atom is -0.271 e. The van der Waals surface area contributed by atoms with E-state index in [0.717, 1.165) is 11.4 Å². The lowest BCUT2D eigenvalue weighted by atomic mass is 10.1. The highest BCUT2D eigenvalue weighted by atomic mass is 14.9. The summed E-state index contributed by atoms with van der Waals surface area (Å²) in [5.41, 5.74) is 4.41. The summed E-state index contributed by atoms with van der Waals surface area (Å²) in [6.07, 6.45) is 16.7. The van der Waals surface area contributed by atoms with Gasteiger partial charge in [-0.25, -0.2) is 0 Å². The number of aliphatic imine (C=N–C) groups is 2. The van der Waals surface area contributed by atoms with Crippen LogP contribution >= 0.6 is 0 Å². The minimum absolute atomic E-state index is 0.101. The average molecular weight is 308 g/mol. The van der Waals surface area contributed by atoms with Crippen molar-refractivity contribution in [3.05, 3.63) is 96.1 Å². The smallest absolute Gasteiger partial charge is 0.0923 e. The summed E-state index contributed by atoms with van der Waals surface area (Å²) in [6.45, 7) is 0. The largest absolute Gasteiger partial charge is 0.271 e. The van der Waals surface area contributed by atoms with Gasteiger partial charge in [-0.2, -0.15) is 0 Å². The molecule has 0 aromatic heterocycles. The summed E-state index contributed by atoms with van der Waals surface area (Å²) in [6, 6.07) is 13.1. The Balaban J connectivity index is 1.76. The molecule has 0 saturated carbocycles. The highest BCUT2D eigenvalue weighted by molar-refractivity contribution is 6.61. The van der Waals surface area contributed by atoms with Crippen LogP contribution in [0.4, 0.5) is 0 Å². The van der Waals surface area contributed by atoms with Gasteiger partial charge in [-0.1, -0.05) is 85.0 Å². The van der Waals surface area contributed by atoms with Gasteiger partial charge in [0.2, 0.25) is 0 Å². The lowest BCUT2D eigenvalue weighted by molar-refractivity contribution is 1.04. The molecule has 2 aromatic rings. The van der Waals surface area contributed by atoms with Crippen LogP contribution in [0, 0.1) is 0 Å². The van der Waals surface area contributed by atoms with Gasteiger partial charge >= 0.3 is 0 Å². The second kappa shape index (κ2) is 5.27. The average Bonchev–Trinajstić information content (AvgIpc) is 3.35. The number of hydrogen-bond donors (Lipinski definition) is 0. The molecular formula is C22H16N2. The Labute approximate surface area is 141 Å². The molecule has 0 aliphatic heterocycles. The maximum Gasteiger partial charge on any atom is 0.0923 e. The third kappa shape index (κ3) is 2.04. The third-order valence-corrected chi connectivity index (χ3v) is 4.65. The monoisotopic (exact) mass is 308 g/mol. The van der Waals surface area contributed by atoms with Crippen molar-refractivity contribution >= 4 is 22.2 Å². The van der Waals surface area contributed by atoms with Crippen LogP contribution in [0.15, 0.2) is 95.0 Å². The molecule has 24 heavy (non-hydrogen) atoms. The number of rotatable bonds is 2. The molecule has 5 rings (SSSR count). The molecule has 0 radical (unpaired) electrons. The van der Waals surface area contributed by atoms with Crippen LogP contribution in [0.2, 0.25) is 0 Å². The molecule has 0 atom stereocenters. The molecular weight excluding hydrogens is 292 g/mol. The van der Waals surface area contributed by atoms with E-state index >= 15 is 0 Å². The van der Waals surface area contributed by atoms with Crippen LogP contribution in [-0.2, 0) is 0 Å². The van der Waals surface area contributed by atoms with Gasteiger partial charge < -0.3 is 0 Å². The molecule has 0 saturated heterocycles. The second-order valence-corrected chi connectivity index (χ2v) is 6.19. The van der Waals surface area contributed by atoms with E-state index in [1.165, 1.54) is 21.9 Å². The maximum absolute atomic E-state index is 5.00. The first kappa shape index (κ1) is 13.4. The highest BCUT2D eigenvalue weighted by Gasteiger charge is 2.28. The fraction of sp³-hybridized carbons (Fsp3) is 0.0909. The molecule has 0 amide bonds. The quantitative estimate of drug-likeness (QED) is 0.784. The zero-order valence-electron chi connectivity index (χ0n) is 13.1. The van der Waals surface area contributed by atoms with Crippen molar-refractivity contribution in [1.82, 2.24) is 0 Å². The summed E-state index contributed by atoms with van der Waals surface area (Å²) in [5, 5.41) is 2.52. The summed E-state index contributed by atoms with van der Waals surface area (Å²) < 4.78 is 0. The lowest BCUT2D eigenvalue weighted by Gasteiger charge is -2.07. The molecule has 3 aliphatic rings. The lowest BCUT2D eigenvalue weighted by Crippen LogP contribution is -2.15. The predicted octanol–water partition coefficient (Wildman–Crippen LogP) is 4.42. The molecule has 3 aliphatic carbocycles. The molecule has 0 spiro atoms. The van der Waals surface area contributed by atoms with E-state index in [0.29, 0.717) is 0 Å². The minimum atomic E-state index is 0.101. The van der Waals surface area contributed by atoms with Crippen molar-refractivity contribution in [2.45, 2.75) is 12.1 Å². The van der Waals surface area contributed by atoms with Crippen LogP contribution < -0.4 is 0 Å². The molecule has 0 heterocycles. The summed E-state index contributed by atoms with van der Waals surface area (Å²) in [5.74, 6) is 0. The molecule has 114 valence electrons. The zero-order chi connectivity index (χ0) is 15.9. The molecule has 0 bridgehead atoms. The van der Waals surface area contributed by atoms with E-state index in [4.69, 9.17) is 9.98 Å². The SMILES string of the molecule is C1=CC(N=C2C(=NC3C=CC=C3)c3cccc4cccc2c34)C=C1. The molecule has 0 N–H and O–H groups in total. The molecule has 0 unspecified atom stereocenters. The third-order valence-electron chi connectivity index (χ3n) is 4.65. The zero-order valence-corrected chi connectivity index (χ0v) is 13.1. The number of benzene rings is 2. The van der Waals surface area contributed by atoms with Crippen molar-refractivity contribution < 1.29 is 0 Å². The van der Waals surface area contributed by atoms with Gasteiger partial charge in [0.15, 0.2) is 0 Å². The highest BCUT2D eigenvalue weighted by Crippen LogP contribution is 2.32. The number of nitrogens with zero attached hydrogens (tertiary/aromatic N) is 2. The Morgan fingerprint density at radius 2 is 1.04 bits per heavy atom. The van der Waals surface area contributed by atoms with Crippen LogP contribution in [0.25, 0.3) is 10.8 Å². The van der Waals surface area contributed by atoms with E-state index < -0.39 is 0 Å². The maximum atomic E-state index is 5.00.